The molecule has 0 radical (unpaired) electrons. The SMILES string of the molecule is COCCNCCNC(=O)c1c(C)oc2ncn(C)c(=O)c12.Cl. The summed E-state index contributed by atoms with van der Waals surface area (Å²) in [5.41, 5.74) is 0.134. The molecule has 0 saturated carbocycles. The van der Waals surface area contributed by atoms with Crippen LogP contribution >= 0.6 is 12.4 Å². The lowest BCUT2D eigenvalue weighted by molar-refractivity contribution is 0.0953. The van der Waals surface area contributed by atoms with Crippen molar-refractivity contribution in [2.75, 3.05) is 33.4 Å². The number of furan rings is 1. The van der Waals surface area contributed by atoms with Gasteiger partial charge in [0.2, 0.25) is 5.71 Å². The van der Waals surface area contributed by atoms with Crippen molar-refractivity contribution in [2.24, 2.45) is 7.05 Å². The number of halogens is 1. The number of hydrogen-bond donors (Lipinski definition) is 2. The number of ether oxygens (including phenoxy) is 1. The molecule has 0 aliphatic rings. The van der Waals surface area contributed by atoms with E-state index >= 15 is 0 Å². The van der Waals surface area contributed by atoms with E-state index in [1.807, 2.05) is 0 Å². The summed E-state index contributed by atoms with van der Waals surface area (Å²) in [6, 6.07) is 0. The minimum atomic E-state index is -0.338. The maximum absolute atomic E-state index is 12.3. The number of carbonyl (C=O) groups excluding carboxylic acids is 1. The summed E-state index contributed by atoms with van der Waals surface area (Å²) < 4.78 is 11.6. The fraction of sp³-hybridized carbons (Fsp3) is 0.500. The molecule has 1 amide bonds. The van der Waals surface area contributed by atoms with Crippen LogP contribution in [0.25, 0.3) is 11.1 Å². The van der Waals surface area contributed by atoms with E-state index in [2.05, 4.69) is 15.6 Å². The molecule has 0 saturated heterocycles. The number of nitrogens with one attached hydrogen (secondary N) is 2. The van der Waals surface area contributed by atoms with Gasteiger partial charge in [-0.25, -0.2) is 4.98 Å². The summed E-state index contributed by atoms with van der Waals surface area (Å²) in [6.07, 6.45) is 1.37. The van der Waals surface area contributed by atoms with Crippen LogP contribution in [0.1, 0.15) is 16.1 Å². The molecule has 0 bridgehead atoms. The lowest BCUT2D eigenvalue weighted by Gasteiger charge is -2.06. The van der Waals surface area contributed by atoms with Crippen LogP contribution in [-0.2, 0) is 11.8 Å². The lowest BCUT2D eigenvalue weighted by Crippen LogP contribution is -2.33. The van der Waals surface area contributed by atoms with E-state index in [1.165, 1.54) is 10.9 Å². The third-order valence-electron chi connectivity index (χ3n) is 3.25. The average Bonchev–Trinajstić information content (AvgIpc) is 2.83. The quantitative estimate of drug-likeness (QED) is 0.697. The maximum atomic E-state index is 12.3. The van der Waals surface area contributed by atoms with E-state index in [1.54, 1.807) is 21.1 Å². The van der Waals surface area contributed by atoms with Crippen LogP contribution in [0.15, 0.2) is 15.5 Å². The Balaban J connectivity index is 0.00000264. The number of aryl methyl sites for hydroxylation is 2. The molecule has 0 unspecified atom stereocenters. The molecule has 0 spiro atoms. The zero-order valence-electron chi connectivity index (χ0n) is 13.3. The monoisotopic (exact) mass is 344 g/mol. The van der Waals surface area contributed by atoms with Crippen LogP contribution in [0.3, 0.4) is 0 Å². The normalized spacial score (nSPS) is 10.6. The number of aromatic nitrogens is 2. The third-order valence-corrected chi connectivity index (χ3v) is 3.25. The highest BCUT2D eigenvalue weighted by Gasteiger charge is 2.21. The van der Waals surface area contributed by atoms with Crippen molar-refractivity contribution in [2.45, 2.75) is 6.92 Å². The van der Waals surface area contributed by atoms with Gasteiger partial charge in [-0.05, 0) is 6.92 Å². The Morgan fingerprint density at radius 1 is 1.39 bits per heavy atom. The van der Waals surface area contributed by atoms with Crippen molar-refractivity contribution in [3.05, 3.63) is 28.0 Å². The summed E-state index contributed by atoms with van der Waals surface area (Å²) in [4.78, 5) is 28.5. The Hall–Kier alpha value is -1.90. The molecule has 0 aliphatic heterocycles. The van der Waals surface area contributed by atoms with Crippen LogP contribution in [-0.4, -0.2) is 48.8 Å². The highest BCUT2D eigenvalue weighted by molar-refractivity contribution is 6.06. The highest BCUT2D eigenvalue weighted by Crippen LogP contribution is 2.20. The molecule has 2 aromatic rings. The topological polar surface area (TPSA) is 98.4 Å². The first-order valence-corrected chi connectivity index (χ1v) is 6.98. The first-order chi connectivity index (χ1) is 10.6. The van der Waals surface area contributed by atoms with Crippen LogP contribution in [0.2, 0.25) is 0 Å². The van der Waals surface area contributed by atoms with Gasteiger partial charge in [0.25, 0.3) is 11.5 Å². The third kappa shape index (κ3) is 4.31. The molecule has 2 heterocycles. The Bertz CT molecular complexity index is 725. The predicted molar refractivity (Wildman–Crippen MR) is 88.3 cm³/mol. The van der Waals surface area contributed by atoms with Gasteiger partial charge in [-0.15, -0.1) is 12.4 Å². The summed E-state index contributed by atoms with van der Waals surface area (Å²) in [5, 5.41) is 6.10. The van der Waals surface area contributed by atoms with E-state index in [0.29, 0.717) is 32.0 Å². The Morgan fingerprint density at radius 2 is 2.13 bits per heavy atom. The molecule has 23 heavy (non-hydrogen) atoms. The van der Waals surface area contributed by atoms with Gasteiger partial charge < -0.3 is 24.4 Å². The molecule has 2 rings (SSSR count). The van der Waals surface area contributed by atoms with Crippen molar-refractivity contribution in [3.8, 4) is 0 Å². The Kier molecular flexibility index (Phi) is 7.21. The summed E-state index contributed by atoms with van der Waals surface area (Å²) in [5.74, 6) is 0.0468. The number of carbonyl (C=O) groups is 1. The van der Waals surface area contributed by atoms with E-state index in [0.717, 1.165) is 0 Å². The molecule has 0 atom stereocenters. The molecule has 2 aromatic heterocycles. The summed E-state index contributed by atoms with van der Waals surface area (Å²) in [7, 11) is 3.21. The number of amides is 1. The van der Waals surface area contributed by atoms with Crippen LogP contribution in [0.4, 0.5) is 0 Å². The molecular formula is C14H21ClN4O4. The maximum Gasteiger partial charge on any atom is 0.265 e. The van der Waals surface area contributed by atoms with Crippen molar-refractivity contribution in [3.63, 3.8) is 0 Å². The second-order valence-electron chi connectivity index (χ2n) is 4.87. The van der Waals surface area contributed by atoms with Gasteiger partial charge >= 0.3 is 0 Å². The Labute approximate surface area is 139 Å². The van der Waals surface area contributed by atoms with E-state index in [4.69, 9.17) is 9.15 Å². The van der Waals surface area contributed by atoms with Crippen molar-refractivity contribution in [1.82, 2.24) is 20.2 Å². The fourth-order valence-corrected chi connectivity index (χ4v) is 2.11. The van der Waals surface area contributed by atoms with Crippen LogP contribution in [0, 0.1) is 6.92 Å². The zero-order valence-corrected chi connectivity index (χ0v) is 14.2. The summed E-state index contributed by atoms with van der Waals surface area (Å²) in [6.45, 7) is 4.02. The van der Waals surface area contributed by atoms with Gasteiger partial charge in [0.15, 0.2) is 0 Å². The van der Waals surface area contributed by atoms with Gasteiger partial charge in [-0.3, -0.25) is 9.59 Å². The molecule has 0 aliphatic carbocycles. The first kappa shape index (κ1) is 19.1. The number of nitrogens with zero attached hydrogens (tertiary/aromatic N) is 2. The summed E-state index contributed by atoms with van der Waals surface area (Å²) >= 11 is 0. The van der Waals surface area contributed by atoms with Gasteiger partial charge in [0.1, 0.15) is 17.5 Å². The van der Waals surface area contributed by atoms with Crippen LogP contribution in [0.5, 0.6) is 0 Å². The minimum absolute atomic E-state index is 0. The Morgan fingerprint density at radius 3 is 2.83 bits per heavy atom. The molecule has 0 fully saturated rings. The number of rotatable bonds is 7. The van der Waals surface area contributed by atoms with Gasteiger partial charge in [-0.1, -0.05) is 0 Å². The van der Waals surface area contributed by atoms with Gasteiger partial charge in [0.05, 0.1) is 12.2 Å². The van der Waals surface area contributed by atoms with Crippen molar-refractivity contribution in [1.29, 1.82) is 0 Å². The number of hydrogen-bond acceptors (Lipinski definition) is 6. The highest BCUT2D eigenvalue weighted by atomic mass is 35.5. The molecule has 0 aromatic carbocycles. The number of methoxy groups -OCH3 is 1. The van der Waals surface area contributed by atoms with Crippen LogP contribution < -0.4 is 16.2 Å². The van der Waals surface area contributed by atoms with Gasteiger partial charge in [0, 0.05) is 33.8 Å². The standard InChI is InChI=1S/C14H20N4O4.ClH/c1-9-10(12(19)16-5-4-15-6-7-21-3)11-13(22-9)17-8-18(2)14(11)20;/h8,15H,4-7H2,1-3H3,(H,16,19);1H. The molecule has 9 heteroatoms. The van der Waals surface area contributed by atoms with Crippen molar-refractivity contribution >= 4 is 29.4 Å². The molecule has 2 N–H and O–H groups in total. The lowest BCUT2D eigenvalue weighted by atomic mass is 10.2. The van der Waals surface area contributed by atoms with E-state index in [-0.39, 0.29) is 40.5 Å². The number of fused-ring (bicyclic) bond motifs is 1. The van der Waals surface area contributed by atoms with Crippen molar-refractivity contribution < 1.29 is 13.9 Å². The second kappa shape index (κ2) is 8.66. The molecule has 128 valence electrons. The smallest absolute Gasteiger partial charge is 0.265 e. The van der Waals surface area contributed by atoms with E-state index in [9.17, 15) is 9.59 Å². The van der Waals surface area contributed by atoms with E-state index < -0.39 is 0 Å². The molecule has 8 nitrogen and oxygen atoms in total. The largest absolute Gasteiger partial charge is 0.442 e. The zero-order chi connectivity index (χ0) is 16.1. The van der Waals surface area contributed by atoms with Gasteiger partial charge in [-0.2, -0.15) is 0 Å². The average molecular weight is 345 g/mol. The fourth-order valence-electron chi connectivity index (χ4n) is 2.11. The molecular weight excluding hydrogens is 324 g/mol. The minimum Gasteiger partial charge on any atom is -0.442 e. The second-order valence-corrected chi connectivity index (χ2v) is 4.87. The first-order valence-electron chi connectivity index (χ1n) is 6.98. The predicted octanol–water partition coefficient (Wildman–Crippen LogP) is 0.223.